The Kier molecular flexibility index (Phi) is 6.29. The van der Waals surface area contributed by atoms with E-state index in [0.29, 0.717) is 41.0 Å². The topological polar surface area (TPSA) is 79.6 Å². The van der Waals surface area contributed by atoms with Gasteiger partial charge in [-0.25, -0.2) is 9.37 Å². The Morgan fingerprint density at radius 2 is 2.09 bits per heavy atom. The molecule has 7 nitrogen and oxygen atoms in total. The SMILES string of the molecule is COCC1Cn2cc(-c3cc(NC4CC4)ncc3Cl)cc2C(=O)N1Cc1cc(F)ccc1CO. The van der Waals surface area contributed by atoms with Crippen molar-refractivity contribution in [2.24, 2.45) is 0 Å². The molecule has 3 heterocycles. The number of aliphatic hydroxyl groups excluding tert-OH is 1. The third kappa shape index (κ3) is 4.53. The molecule has 178 valence electrons. The number of rotatable bonds is 8. The number of anilines is 1. The fourth-order valence-corrected chi connectivity index (χ4v) is 4.63. The molecule has 1 amide bonds. The largest absolute Gasteiger partial charge is 0.392 e. The van der Waals surface area contributed by atoms with E-state index in [1.165, 1.54) is 12.1 Å². The van der Waals surface area contributed by atoms with Crippen LogP contribution in [0.4, 0.5) is 10.2 Å². The Morgan fingerprint density at radius 1 is 1.26 bits per heavy atom. The summed E-state index contributed by atoms with van der Waals surface area (Å²) in [5, 5.41) is 13.6. The first kappa shape index (κ1) is 22.8. The average molecular weight is 485 g/mol. The van der Waals surface area contributed by atoms with Crippen LogP contribution in [0, 0.1) is 5.82 Å². The number of benzene rings is 1. The monoisotopic (exact) mass is 484 g/mol. The van der Waals surface area contributed by atoms with Gasteiger partial charge in [0.15, 0.2) is 0 Å². The first-order valence-electron chi connectivity index (χ1n) is 11.3. The Morgan fingerprint density at radius 3 is 2.82 bits per heavy atom. The second-order valence-electron chi connectivity index (χ2n) is 8.85. The maximum Gasteiger partial charge on any atom is 0.271 e. The van der Waals surface area contributed by atoms with Crippen molar-refractivity contribution < 1.29 is 19.0 Å². The number of hydrogen-bond donors (Lipinski definition) is 2. The summed E-state index contributed by atoms with van der Waals surface area (Å²) in [6.07, 6.45) is 5.82. The first-order valence-corrected chi connectivity index (χ1v) is 11.6. The van der Waals surface area contributed by atoms with Crippen LogP contribution < -0.4 is 5.32 Å². The summed E-state index contributed by atoms with van der Waals surface area (Å²) in [7, 11) is 1.59. The number of nitrogens with zero attached hydrogens (tertiary/aromatic N) is 3. The zero-order valence-electron chi connectivity index (χ0n) is 18.8. The zero-order valence-corrected chi connectivity index (χ0v) is 19.6. The lowest BCUT2D eigenvalue weighted by molar-refractivity contribution is 0.0386. The minimum atomic E-state index is -0.409. The number of fused-ring (bicyclic) bond motifs is 1. The van der Waals surface area contributed by atoms with Gasteiger partial charge in [0, 0.05) is 49.8 Å². The van der Waals surface area contributed by atoms with E-state index >= 15 is 0 Å². The molecule has 2 aromatic heterocycles. The number of aromatic nitrogens is 2. The van der Waals surface area contributed by atoms with Crippen LogP contribution in [0.25, 0.3) is 11.1 Å². The van der Waals surface area contributed by atoms with Crippen LogP contribution in [0.15, 0.2) is 42.7 Å². The first-order chi connectivity index (χ1) is 16.5. The molecule has 1 aliphatic heterocycles. The highest BCUT2D eigenvalue weighted by Crippen LogP contribution is 2.34. The van der Waals surface area contributed by atoms with Crippen molar-refractivity contribution in [3.63, 3.8) is 0 Å². The van der Waals surface area contributed by atoms with E-state index in [-0.39, 0.29) is 25.1 Å². The Labute approximate surface area is 202 Å². The van der Waals surface area contributed by atoms with Crippen molar-refractivity contribution >= 4 is 23.3 Å². The number of aliphatic hydroxyl groups is 1. The number of halogens is 2. The number of pyridine rings is 1. The van der Waals surface area contributed by atoms with Gasteiger partial charge in [0.05, 0.1) is 24.3 Å². The van der Waals surface area contributed by atoms with E-state index in [2.05, 4.69) is 10.3 Å². The molecule has 0 spiro atoms. The van der Waals surface area contributed by atoms with Crippen LogP contribution in [0.5, 0.6) is 0 Å². The van der Waals surface area contributed by atoms with Crippen molar-refractivity contribution in [3.8, 4) is 11.1 Å². The number of hydrogen-bond acceptors (Lipinski definition) is 5. The molecule has 1 aromatic carbocycles. The van der Waals surface area contributed by atoms with Crippen LogP contribution in [0.2, 0.25) is 5.02 Å². The molecule has 1 atom stereocenters. The minimum Gasteiger partial charge on any atom is -0.392 e. The highest BCUT2D eigenvalue weighted by Gasteiger charge is 2.34. The molecule has 1 fully saturated rings. The van der Waals surface area contributed by atoms with Crippen molar-refractivity contribution in [3.05, 3.63) is 70.4 Å². The van der Waals surface area contributed by atoms with Crippen molar-refractivity contribution in [1.82, 2.24) is 14.5 Å². The lowest BCUT2D eigenvalue weighted by Crippen LogP contribution is -2.49. The molecule has 9 heteroatoms. The van der Waals surface area contributed by atoms with Crippen LogP contribution in [-0.4, -0.2) is 51.3 Å². The summed E-state index contributed by atoms with van der Waals surface area (Å²) in [6.45, 7) is 0.792. The van der Waals surface area contributed by atoms with E-state index in [0.717, 1.165) is 29.8 Å². The molecule has 2 N–H and O–H groups in total. The van der Waals surface area contributed by atoms with Gasteiger partial charge >= 0.3 is 0 Å². The molecule has 3 aromatic rings. The highest BCUT2D eigenvalue weighted by molar-refractivity contribution is 6.33. The van der Waals surface area contributed by atoms with Crippen LogP contribution in [0.1, 0.15) is 34.5 Å². The summed E-state index contributed by atoms with van der Waals surface area (Å²) in [5.74, 6) is 0.168. The molecular formula is C25H26ClFN4O3. The molecule has 2 aliphatic rings. The van der Waals surface area contributed by atoms with Gasteiger partial charge in [-0.1, -0.05) is 17.7 Å². The van der Waals surface area contributed by atoms with Gasteiger partial charge in [-0.3, -0.25) is 4.79 Å². The molecule has 1 unspecified atom stereocenters. The number of ether oxygens (including phenoxy) is 1. The lowest BCUT2D eigenvalue weighted by Gasteiger charge is -2.36. The van der Waals surface area contributed by atoms with Crippen molar-refractivity contribution in [1.29, 1.82) is 0 Å². The number of carbonyl (C=O) groups excluding carboxylic acids is 1. The van der Waals surface area contributed by atoms with Crippen molar-refractivity contribution in [2.45, 2.75) is 44.6 Å². The van der Waals surface area contributed by atoms with Gasteiger partial charge in [-0.05, 0) is 48.2 Å². The second-order valence-corrected chi connectivity index (χ2v) is 9.25. The summed E-state index contributed by atoms with van der Waals surface area (Å²) < 4.78 is 21.2. The van der Waals surface area contributed by atoms with Crippen LogP contribution in [0.3, 0.4) is 0 Å². The second kappa shape index (κ2) is 9.37. The van der Waals surface area contributed by atoms with Crippen LogP contribution >= 0.6 is 11.6 Å². The molecular weight excluding hydrogens is 459 g/mol. The van der Waals surface area contributed by atoms with Gasteiger partial charge in [-0.15, -0.1) is 0 Å². The third-order valence-electron chi connectivity index (χ3n) is 6.36. The average Bonchev–Trinajstić information content (AvgIpc) is 3.53. The molecule has 0 saturated heterocycles. The summed E-state index contributed by atoms with van der Waals surface area (Å²) in [5.41, 5.74) is 3.32. The quantitative estimate of drug-likeness (QED) is 0.503. The normalized spacial score (nSPS) is 17.7. The predicted octanol–water partition coefficient (Wildman–Crippen LogP) is 4.08. The molecule has 1 aliphatic carbocycles. The predicted molar refractivity (Wildman–Crippen MR) is 127 cm³/mol. The summed E-state index contributed by atoms with van der Waals surface area (Å²) in [4.78, 5) is 19.6. The molecule has 1 saturated carbocycles. The van der Waals surface area contributed by atoms with E-state index in [1.54, 1.807) is 24.3 Å². The highest BCUT2D eigenvalue weighted by atomic mass is 35.5. The molecule has 0 radical (unpaired) electrons. The zero-order chi connectivity index (χ0) is 23.8. The van der Waals surface area contributed by atoms with E-state index in [1.807, 2.05) is 22.9 Å². The standard InChI is InChI=1S/C25H26ClFN4O3/c1-34-14-20-12-30-10-17(21-8-24(28-9-22(21)26)29-19-4-5-19)7-23(30)25(33)31(20)11-16-6-18(27)3-2-15(16)13-32/h2-3,6-10,19-20,32H,4-5,11-14H2,1H3,(H,28,29). The number of amides is 1. The summed E-state index contributed by atoms with van der Waals surface area (Å²) in [6, 6.07) is 8.18. The van der Waals surface area contributed by atoms with Gasteiger partial charge < -0.3 is 24.6 Å². The Hall–Kier alpha value is -2.94. The fourth-order valence-electron chi connectivity index (χ4n) is 4.42. The third-order valence-corrected chi connectivity index (χ3v) is 6.66. The molecule has 34 heavy (non-hydrogen) atoms. The maximum absolute atomic E-state index is 13.9. The summed E-state index contributed by atoms with van der Waals surface area (Å²) >= 11 is 6.47. The Balaban J connectivity index is 1.48. The molecule has 5 rings (SSSR count). The van der Waals surface area contributed by atoms with Crippen LogP contribution in [-0.2, 0) is 24.4 Å². The number of carbonyl (C=O) groups is 1. The van der Waals surface area contributed by atoms with Gasteiger partial charge in [0.1, 0.15) is 17.3 Å². The minimum absolute atomic E-state index is 0.173. The maximum atomic E-state index is 13.9. The van der Waals surface area contributed by atoms with E-state index in [4.69, 9.17) is 16.3 Å². The lowest BCUT2D eigenvalue weighted by atomic mass is 10.0. The fraction of sp³-hybridized carbons (Fsp3) is 0.360. The van der Waals surface area contributed by atoms with Crippen molar-refractivity contribution in [2.75, 3.05) is 19.0 Å². The van der Waals surface area contributed by atoms with Gasteiger partial charge in [-0.2, -0.15) is 0 Å². The Bertz CT molecular complexity index is 1230. The number of nitrogens with one attached hydrogen (secondary N) is 1. The van der Waals surface area contributed by atoms with E-state index < -0.39 is 5.82 Å². The molecule has 0 bridgehead atoms. The van der Waals surface area contributed by atoms with Gasteiger partial charge in [0.2, 0.25) is 0 Å². The smallest absolute Gasteiger partial charge is 0.271 e. The van der Waals surface area contributed by atoms with E-state index in [9.17, 15) is 14.3 Å². The number of methoxy groups -OCH3 is 1. The van der Waals surface area contributed by atoms with Gasteiger partial charge in [0.25, 0.3) is 5.91 Å².